The van der Waals surface area contributed by atoms with Gasteiger partial charge in [0.1, 0.15) is 12.4 Å². The summed E-state index contributed by atoms with van der Waals surface area (Å²) in [5.74, 6) is -1.35. The maximum Gasteiger partial charge on any atom is 0.338 e. The van der Waals surface area contributed by atoms with Gasteiger partial charge in [-0.25, -0.2) is 9.59 Å². The Hall–Kier alpha value is -2.30. The lowest BCUT2D eigenvalue weighted by atomic mass is 10.2. The van der Waals surface area contributed by atoms with E-state index in [9.17, 15) is 14.7 Å². The van der Waals surface area contributed by atoms with E-state index in [1.54, 1.807) is 30.3 Å². The molecule has 1 aromatic carbocycles. The van der Waals surface area contributed by atoms with E-state index in [0.29, 0.717) is 12.0 Å². The average molecular weight is 248 g/mol. The van der Waals surface area contributed by atoms with Gasteiger partial charge in [0.2, 0.25) is 0 Å². The number of aliphatic hydroxyl groups is 1. The van der Waals surface area contributed by atoms with E-state index < -0.39 is 11.9 Å². The predicted molar refractivity (Wildman–Crippen MR) is 62.0 cm³/mol. The summed E-state index contributed by atoms with van der Waals surface area (Å²) in [6.45, 7) is -0.0664. The van der Waals surface area contributed by atoms with Crippen LogP contribution in [-0.4, -0.2) is 30.3 Å². The number of carbonyl (C=O) groups is 2. The summed E-state index contributed by atoms with van der Waals surface area (Å²) in [4.78, 5) is 22.7. The summed E-state index contributed by atoms with van der Waals surface area (Å²) in [5, 5.41) is 9.62. The molecule has 1 fully saturated rings. The zero-order valence-corrected chi connectivity index (χ0v) is 9.59. The van der Waals surface area contributed by atoms with E-state index in [0.717, 1.165) is 0 Å². The van der Waals surface area contributed by atoms with Gasteiger partial charge >= 0.3 is 11.9 Å². The van der Waals surface area contributed by atoms with Crippen molar-refractivity contribution in [3.63, 3.8) is 0 Å². The Labute approximate surface area is 104 Å². The molecule has 94 valence electrons. The minimum Gasteiger partial charge on any atom is -0.508 e. The number of aliphatic hydroxyl groups excluding tert-OH is 1. The van der Waals surface area contributed by atoms with Crippen LogP contribution in [0.5, 0.6) is 0 Å². The van der Waals surface area contributed by atoms with Crippen LogP contribution in [-0.2, 0) is 14.3 Å². The van der Waals surface area contributed by atoms with Gasteiger partial charge in [0, 0.05) is 6.42 Å². The van der Waals surface area contributed by atoms with Gasteiger partial charge in [-0.1, -0.05) is 18.2 Å². The predicted octanol–water partition coefficient (Wildman–Crippen LogP) is 1.60. The van der Waals surface area contributed by atoms with Crippen LogP contribution in [0.3, 0.4) is 0 Å². The van der Waals surface area contributed by atoms with E-state index in [2.05, 4.69) is 4.74 Å². The van der Waals surface area contributed by atoms with Crippen molar-refractivity contribution in [1.82, 2.24) is 0 Å². The molecule has 0 bridgehead atoms. The van der Waals surface area contributed by atoms with Crippen molar-refractivity contribution in [2.24, 2.45) is 0 Å². The van der Waals surface area contributed by atoms with Crippen molar-refractivity contribution in [3.05, 3.63) is 47.2 Å². The van der Waals surface area contributed by atoms with Crippen LogP contribution >= 0.6 is 0 Å². The molecule has 5 heteroatoms. The molecule has 1 heterocycles. The molecule has 0 spiro atoms. The normalized spacial score (nSPS) is 17.2. The topological polar surface area (TPSA) is 72.8 Å². The second kappa shape index (κ2) is 5.35. The Morgan fingerprint density at radius 2 is 2.06 bits per heavy atom. The largest absolute Gasteiger partial charge is 0.508 e. The number of hydrogen-bond acceptors (Lipinski definition) is 5. The molecule has 0 saturated carbocycles. The van der Waals surface area contributed by atoms with Gasteiger partial charge in [0.05, 0.1) is 17.7 Å². The Bertz CT molecular complexity index is 489. The molecule has 0 aliphatic carbocycles. The summed E-state index contributed by atoms with van der Waals surface area (Å²) in [6, 6.07) is 8.42. The lowest BCUT2D eigenvalue weighted by molar-refractivity contribution is -0.135. The number of esters is 2. The Kier molecular flexibility index (Phi) is 3.62. The van der Waals surface area contributed by atoms with Gasteiger partial charge < -0.3 is 14.6 Å². The molecule has 0 atom stereocenters. The number of cyclic esters (lactones) is 1. The second-order valence-electron chi connectivity index (χ2n) is 3.75. The molecule has 0 unspecified atom stereocenters. The third-order valence-electron chi connectivity index (χ3n) is 2.53. The summed E-state index contributed by atoms with van der Waals surface area (Å²) in [5.41, 5.74) is 0.570. The first-order chi connectivity index (χ1) is 8.68. The molecule has 1 aliphatic heterocycles. The van der Waals surface area contributed by atoms with E-state index in [-0.39, 0.29) is 24.5 Å². The summed E-state index contributed by atoms with van der Waals surface area (Å²) in [6.07, 6.45) is 0.341. The highest BCUT2D eigenvalue weighted by Gasteiger charge is 2.23. The lowest BCUT2D eigenvalue weighted by Gasteiger charge is -2.05. The van der Waals surface area contributed by atoms with Gasteiger partial charge in [-0.05, 0) is 12.1 Å². The van der Waals surface area contributed by atoms with Crippen LogP contribution in [0.2, 0.25) is 0 Å². The SMILES string of the molecule is O=C1OCC/C1=C(/O)COC(=O)c1ccccc1. The van der Waals surface area contributed by atoms with Crippen LogP contribution < -0.4 is 0 Å². The minimum atomic E-state index is -0.553. The van der Waals surface area contributed by atoms with Crippen molar-refractivity contribution in [2.75, 3.05) is 13.2 Å². The minimum absolute atomic E-state index is 0.177. The third kappa shape index (κ3) is 2.68. The van der Waals surface area contributed by atoms with E-state index in [4.69, 9.17) is 4.74 Å². The Morgan fingerprint density at radius 1 is 1.33 bits per heavy atom. The standard InChI is InChI=1S/C13H12O5/c14-11(10-6-7-17-13(10)16)8-18-12(15)9-4-2-1-3-5-9/h1-5,14H,6-8H2/b11-10-. The third-order valence-corrected chi connectivity index (χ3v) is 2.53. The van der Waals surface area contributed by atoms with E-state index in [1.165, 1.54) is 0 Å². The van der Waals surface area contributed by atoms with Crippen molar-refractivity contribution in [3.8, 4) is 0 Å². The smallest absolute Gasteiger partial charge is 0.338 e. The van der Waals surface area contributed by atoms with Crippen LogP contribution in [0, 0.1) is 0 Å². The molecular weight excluding hydrogens is 236 g/mol. The quantitative estimate of drug-likeness (QED) is 0.499. The fourth-order valence-electron chi connectivity index (χ4n) is 1.58. The molecule has 1 saturated heterocycles. The van der Waals surface area contributed by atoms with E-state index in [1.807, 2.05) is 0 Å². The average Bonchev–Trinajstić information content (AvgIpc) is 2.83. The second-order valence-corrected chi connectivity index (χ2v) is 3.75. The maximum absolute atomic E-state index is 11.6. The van der Waals surface area contributed by atoms with Crippen LogP contribution in [0.15, 0.2) is 41.7 Å². The summed E-state index contributed by atoms with van der Waals surface area (Å²) >= 11 is 0. The molecule has 1 aliphatic rings. The fourth-order valence-corrected chi connectivity index (χ4v) is 1.58. The van der Waals surface area contributed by atoms with Crippen molar-refractivity contribution >= 4 is 11.9 Å². The zero-order valence-electron chi connectivity index (χ0n) is 9.59. The fraction of sp³-hybridized carbons (Fsp3) is 0.231. The number of ether oxygens (including phenoxy) is 2. The molecule has 1 N–H and O–H groups in total. The highest BCUT2D eigenvalue weighted by molar-refractivity contribution is 5.91. The molecule has 0 aromatic heterocycles. The maximum atomic E-state index is 11.6. The molecule has 0 amide bonds. The van der Waals surface area contributed by atoms with Crippen LogP contribution in [0.4, 0.5) is 0 Å². The molecular formula is C13H12O5. The van der Waals surface area contributed by atoms with E-state index >= 15 is 0 Å². The summed E-state index contributed by atoms with van der Waals surface area (Å²) in [7, 11) is 0. The highest BCUT2D eigenvalue weighted by Crippen LogP contribution is 2.16. The molecule has 5 nitrogen and oxygen atoms in total. The zero-order chi connectivity index (χ0) is 13.0. The monoisotopic (exact) mass is 248 g/mol. The number of carbonyl (C=O) groups excluding carboxylic acids is 2. The molecule has 18 heavy (non-hydrogen) atoms. The Morgan fingerprint density at radius 3 is 2.67 bits per heavy atom. The van der Waals surface area contributed by atoms with Gasteiger partial charge in [0.15, 0.2) is 0 Å². The van der Waals surface area contributed by atoms with Crippen LogP contribution in [0.1, 0.15) is 16.8 Å². The highest BCUT2D eigenvalue weighted by atomic mass is 16.5. The van der Waals surface area contributed by atoms with Crippen molar-refractivity contribution in [2.45, 2.75) is 6.42 Å². The number of rotatable bonds is 3. The molecule has 1 aromatic rings. The van der Waals surface area contributed by atoms with Gasteiger partial charge in [-0.15, -0.1) is 0 Å². The summed E-state index contributed by atoms with van der Waals surface area (Å²) < 4.78 is 9.58. The molecule has 0 radical (unpaired) electrons. The number of hydrogen-bond donors (Lipinski definition) is 1. The van der Waals surface area contributed by atoms with Gasteiger partial charge in [0.25, 0.3) is 0 Å². The van der Waals surface area contributed by atoms with Gasteiger partial charge in [-0.2, -0.15) is 0 Å². The number of benzene rings is 1. The van der Waals surface area contributed by atoms with Crippen LogP contribution in [0.25, 0.3) is 0 Å². The van der Waals surface area contributed by atoms with Gasteiger partial charge in [-0.3, -0.25) is 0 Å². The first-order valence-corrected chi connectivity index (χ1v) is 5.49. The first kappa shape index (κ1) is 12.2. The van der Waals surface area contributed by atoms with Crippen molar-refractivity contribution < 1.29 is 24.2 Å². The van der Waals surface area contributed by atoms with Crippen molar-refractivity contribution in [1.29, 1.82) is 0 Å². The Balaban J connectivity index is 1.96. The first-order valence-electron chi connectivity index (χ1n) is 5.49. The lowest BCUT2D eigenvalue weighted by Crippen LogP contribution is -2.10. The molecule has 2 rings (SSSR count).